The fourth-order valence-corrected chi connectivity index (χ4v) is 2.28. The van der Waals surface area contributed by atoms with Crippen LogP contribution >= 0.6 is 11.3 Å². The van der Waals surface area contributed by atoms with E-state index in [0.29, 0.717) is 36.0 Å². The number of nitrogens with zero attached hydrogens (tertiary/aromatic N) is 2. The topological polar surface area (TPSA) is 36.4 Å². The van der Waals surface area contributed by atoms with E-state index in [4.69, 9.17) is 0 Å². The van der Waals surface area contributed by atoms with E-state index < -0.39 is 17.2 Å². The van der Waals surface area contributed by atoms with E-state index in [1.807, 2.05) is 0 Å². The highest BCUT2D eigenvalue weighted by atomic mass is 32.1. The number of thiazole rings is 1. The lowest BCUT2D eigenvalue weighted by Gasteiger charge is -2.12. The van der Waals surface area contributed by atoms with E-state index in [-0.39, 0.29) is 0 Å². The van der Waals surface area contributed by atoms with Crippen molar-refractivity contribution in [1.29, 1.82) is 0 Å². The second-order valence-electron chi connectivity index (χ2n) is 3.39. The lowest BCUT2D eigenvalue weighted by atomic mass is 10.3. The molecule has 1 saturated heterocycles. The van der Waals surface area contributed by atoms with E-state index in [1.54, 1.807) is 4.90 Å². The van der Waals surface area contributed by atoms with E-state index in [2.05, 4.69) is 4.98 Å². The molecule has 0 aliphatic carbocycles. The van der Waals surface area contributed by atoms with E-state index in [9.17, 15) is 18.3 Å². The Hall–Kier alpha value is -0.820. The number of anilines is 1. The van der Waals surface area contributed by atoms with Crippen LogP contribution in [0.4, 0.5) is 18.3 Å². The van der Waals surface area contributed by atoms with Crippen LogP contribution in [0.5, 0.6) is 0 Å². The molecule has 0 aromatic carbocycles. The van der Waals surface area contributed by atoms with Gasteiger partial charge in [0.05, 0.1) is 12.3 Å². The monoisotopic (exact) mass is 238 g/mol. The number of halogens is 3. The lowest BCUT2D eigenvalue weighted by molar-refractivity contribution is -0.134. The first kappa shape index (κ1) is 10.7. The van der Waals surface area contributed by atoms with Gasteiger partial charge >= 0.3 is 6.18 Å². The highest BCUT2D eigenvalue weighted by molar-refractivity contribution is 7.15. The first-order valence-corrected chi connectivity index (χ1v) is 5.24. The Balaban J connectivity index is 2.14. The zero-order valence-corrected chi connectivity index (χ0v) is 8.48. The zero-order chi connectivity index (χ0) is 11.1. The molecule has 0 saturated carbocycles. The molecule has 84 valence electrons. The van der Waals surface area contributed by atoms with E-state index in [0.717, 1.165) is 6.20 Å². The molecule has 1 aromatic heterocycles. The van der Waals surface area contributed by atoms with E-state index in [1.165, 1.54) is 0 Å². The fourth-order valence-electron chi connectivity index (χ4n) is 1.46. The summed E-state index contributed by atoms with van der Waals surface area (Å²) in [6.45, 7) is 0.927. The Morgan fingerprint density at radius 3 is 2.73 bits per heavy atom. The van der Waals surface area contributed by atoms with Crippen LogP contribution in [-0.4, -0.2) is 29.3 Å². The van der Waals surface area contributed by atoms with Crippen LogP contribution in [-0.2, 0) is 6.18 Å². The van der Waals surface area contributed by atoms with Gasteiger partial charge in [-0.1, -0.05) is 11.3 Å². The van der Waals surface area contributed by atoms with Gasteiger partial charge in [0.1, 0.15) is 4.88 Å². The van der Waals surface area contributed by atoms with Crippen LogP contribution in [0.3, 0.4) is 0 Å². The number of aromatic nitrogens is 1. The van der Waals surface area contributed by atoms with Gasteiger partial charge in [0.25, 0.3) is 0 Å². The standard InChI is InChI=1S/C8H9F3N2OS/c9-8(10,11)6-3-12-7(15-6)13-2-1-5(14)4-13/h3,5,14H,1-2,4H2/t5-/m1/s1. The van der Waals surface area contributed by atoms with Crippen molar-refractivity contribution in [2.45, 2.75) is 18.7 Å². The van der Waals surface area contributed by atoms with Gasteiger partial charge in [0.15, 0.2) is 5.13 Å². The minimum Gasteiger partial charge on any atom is -0.391 e. The zero-order valence-electron chi connectivity index (χ0n) is 7.66. The predicted molar refractivity (Wildman–Crippen MR) is 50.0 cm³/mol. The van der Waals surface area contributed by atoms with Gasteiger partial charge in [0, 0.05) is 13.1 Å². The highest BCUT2D eigenvalue weighted by Crippen LogP contribution is 2.36. The maximum Gasteiger partial charge on any atom is 0.427 e. The average molecular weight is 238 g/mol. The Labute approximate surface area is 88.2 Å². The number of hydrogen-bond donors (Lipinski definition) is 1. The third-order valence-electron chi connectivity index (χ3n) is 2.21. The number of alkyl halides is 3. The molecule has 1 fully saturated rings. The van der Waals surface area contributed by atoms with Crippen LogP contribution in [0.25, 0.3) is 0 Å². The van der Waals surface area contributed by atoms with Crippen molar-refractivity contribution in [3.8, 4) is 0 Å². The molecule has 1 aromatic rings. The van der Waals surface area contributed by atoms with Gasteiger partial charge < -0.3 is 10.0 Å². The molecule has 0 spiro atoms. The van der Waals surface area contributed by atoms with Gasteiger partial charge in [-0.2, -0.15) is 13.2 Å². The van der Waals surface area contributed by atoms with Crippen LogP contribution in [0.2, 0.25) is 0 Å². The average Bonchev–Trinajstić information content (AvgIpc) is 2.69. The predicted octanol–water partition coefficient (Wildman–Crippen LogP) is 1.73. The number of aliphatic hydroxyl groups excluding tert-OH is 1. The van der Waals surface area contributed by atoms with Crippen molar-refractivity contribution in [2.24, 2.45) is 0 Å². The summed E-state index contributed by atoms with van der Waals surface area (Å²) in [6, 6.07) is 0. The Kier molecular flexibility index (Phi) is 2.59. The number of β-amino-alcohol motifs (C(OH)–C–C–N with tert-alkyl or cyclic N) is 1. The molecule has 1 atom stereocenters. The molecule has 1 aliphatic heterocycles. The second kappa shape index (κ2) is 3.64. The normalized spacial score (nSPS) is 22.4. The maximum absolute atomic E-state index is 12.3. The highest BCUT2D eigenvalue weighted by Gasteiger charge is 2.34. The van der Waals surface area contributed by atoms with Crippen molar-refractivity contribution in [1.82, 2.24) is 4.98 Å². The molecule has 0 amide bonds. The molecule has 0 bridgehead atoms. The molecule has 7 heteroatoms. The maximum atomic E-state index is 12.3. The summed E-state index contributed by atoms with van der Waals surface area (Å²) in [5.74, 6) is 0. The smallest absolute Gasteiger partial charge is 0.391 e. The molecule has 1 aliphatic rings. The molecule has 2 heterocycles. The summed E-state index contributed by atoms with van der Waals surface area (Å²) in [7, 11) is 0. The third-order valence-corrected chi connectivity index (χ3v) is 3.31. The summed E-state index contributed by atoms with van der Waals surface area (Å²) in [5.41, 5.74) is 0. The van der Waals surface area contributed by atoms with Gasteiger partial charge in [-0.15, -0.1) is 0 Å². The molecule has 15 heavy (non-hydrogen) atoms. The van der Waals surface area contributed by atoms with Gasteiger partial charge in [-0.3, -0.25) is 0 Å². The first-order valence-electron chi connectivity index (χ1n) is 4.43. The van der Waals surface area contributed by atoms with Gasteiger partial charge in [-0.05, 0) is 6.42 Å². The summed E-state index contributed by atoms with van der Waals surface area (Å²) >= 11 is 0.618. The Bertz CT molecular complexity index is 352. The van der Waals surface area contributed by atoms with Gasteiger partial charge in [0.2, 0.25) is 0 Å². The van der Waals surface area contributed by atoms with Crippen LogP contribution in [0.15, 0.2) is 6.20 Å². The number of rotatable bonds is 1. The van der Waals surface area contributed by atoms with E-state index >= 15 is 0 Å². The quantitative estimate of drug-likeness (QED) is 0.809. The molecule has 1 N–H and O–H groups in total. The van der Waals surface area contributed by atoms with Gasteiger partial charge in [-0.25, -0.2) is 4.98 Å². The first-order chi connectivity index (χ1) is 6.97. The Morgan fingerprint density at radius 2 is 2.27 bits per heavy atom. The number of aliphatic hydroxyl groups is 1. The van der Waals surface area contributed by atoms with Crippen LogP contribution in [0.1, 0.15) is 11.3 Å². The largest absolute Gasteiger partial charge is 0.427 e. The minimum atomic E-state index is -4.33. The molecular weight excluding hydrogens is 229 g/mol. The van der Waals surface area contributed by atoms with Crippen LogP contribution < -0.4 is 4.90 Å². The molecule has 0 radical (unpaired) electrons. The fraction of sp³-hybridized carbons (Fsp3) is 0.625. The summed E-state index contributed by atoms with van der Waals surface area (Å²) in [4.78, 5) is 4.69. The molecule has 2 rings (SSSR count). The SMILES string of the molecule is O[C@@H]1CCN(c2ncc(C(F)(F)F)s2)C1. The van der Waals surface area contributed by atoms with Crippen molar-refractivity contribution in [2.75, 3.05) is 18.0 Å². The molecule has 0 unspecified atom stereocenters. The third kappa shape index (κ3) is 2.23. The second-order valence-corrected chi connectivity index (χ2v) is 4.40. The van der Waals surface area contributed by atoms with Crippen molar-refractivity contribution >= 4 is 16.5 Å². The van der Waals surface area contributed by atoms with Crippen molar-refractivity contribution in [3.63, 3.8) is 0 Å². The molecule has 3 nitrogen and oxygen atoms in total. The summed E-state index contributed by atoms with van der Waals surface area (Å²) in [6.07, 6.45) is -3.36. The summed E-state index contributed by atoms with van der Waals surface area (Å²) in [5, 5.41) is 9.57. The number of hydrogen-bond acceptors (Lipinski definition) is 4. The van der Waals surface area contributed by atoms with Crippen LogP contribution in [0, 0.1) is 0 Å². The molecular formula is C8H9F3N2OS. The minimum absolute atomic E-state index is 0.332. The van der Waals surface area contributed by atoms with Crippen molar-refractivity contribution in [3.05, 3.63) is 11.1 Å². The lowest BCUT2D eigenvalue weighted by Crippen LogP contribution is -2.20. The Morgan fingerprint density at radius 1 is 1.53 bits per heavy atom. The summed E-state index contributed by atoms with van der Waals surface area (Å²) < 4.78 is 36.8. The van der Waals surface area contributed by atoms with Crippen molar-refractivity contribution < 1.29 is 18.3 Å².